The Morgan fingerprint density at radius 1 is 0.868 bits per heavy atom. The van der Waals surface area contributed by atoms with Crippen LogP contribution in [0.5, 0.6) is 0 Å². The van der Waals surface area contributed by atoms with Crippen LogP contribution in [-0.4, -0.2) is 71.0 Å². The number of hydrogen-bond acceptors (Lipinski definition) is 10. The summed E-state index contributed by atoms with van der Waals surface area (Å²) in [4.78, 5) is 87.6. The van der Waals surface area contributed by atoms with Crippen LogP contribution in [-0.2, 0) is 43.1 Å². The van der Waals surface area contributed by atoms with Crippen molar-refractivity contribution in [2.45, 2.75) is 90.3 Å². The topological polar surface area (TPSA) is 166 Å². The number of nitrogens with one attached hydrogen (secondary N) is 1. The van der Waals surface area contributed by atoms with E-state index in [0.717, 1.165) is 6.42 Å². The van der Waals surface area contributed by atoms with E-state index in [1.54, 1.807) is 6.92 Å². The van der Waals surface area contributed by atoms with Crippen molar-refractivity contribution in [3.63, 3.8) is 0 Å². The number of imide groups is 2. The summed E-state index contributed by atoms with van der Waals surface area (Å²) in [6.07, 6.45) is 5.00. The molecule has 210 valence electrons. The number of ether oxygens (including phenoxy) is 2. The van der Waals surface area contributed by atoms with Crippen LogP contribution in [0.2, 0.25) is 0 Å². The first-order valence-corrected chi connectivity index (χ1v) is 12.9. The van der Waals surface area contributed by atoms with Crippen molar-refractivity contribution >= 4 is 41.7 Å². The standard InChI is InChI=1S/C25H35N3O10/c1-2-9-24(37-25(35)38-28-21(32)14-15-22(28)33)36-23(34)11-6-3-7-16-26-18(29)10-5-4-8-17-27-19(30)12-13-20(27)31/h12-13,24H,2-11,14-17H2,1H3,(H,26,29). The van der Waals surface area contributed by atoms with E-state index in [1.807, 2.05) is 0 Å². The molecule has 1 atom stereocenters. The van der Waals surface area contributed by atoms with E-state index >= 15 is 0 Å². The molecule has 5 amide bonds. The minimum atomic E-state index is -1.30. The third-order valence-electron chi connectivity index (χ3n) is 5.75. The number of amides is 5. The normalized spacial score (nSPS) is 15.7. The fourth-order valence-corrected chi connectivity index (χ4v) is 3.72. The van der Waals surface area contributed by atoms with Gasteiger partial charge in [0.25, 0.3) is 29.9 Å². The maximum absolute atomic E-state index is 12.1. The summed E-state index contributed by atoms with van der Waals surface area (Å²) in [7, 11) is 0. The molecule has 2 heterocycles. The van der Waals surface area contributed by atoms with E-state index in [4.69, 9.17) is 9.47 Å². The van der Waals surface area contributed by atoms with Crippen LogP contribution in [0.1, 0.15) is 84.0 Å². The fraction of sp³-hybridized carbons (Fsp3) is 0.640. The molecule has 0 aliphatic carbocycles. The van der Waals surface area contributed by atoms with Crippen LogP contribution in [0.4, 0.5) is 4.79 Å². The number of hydroxylamine groups is 2. The summed E-state index contributed by atoms with van der Waals surface area (Å²) in [6, 6.07) is 0. The number of unbranched alkanes of at least 4 members (excludes halogenated alkanes) is 4. The Labute approximate surface area is 220 Å². The van der Waals surface area contributed by atoms with Gasteiger partial charge in [-0.2, -0.15) is 0 Å². The van der Waals surface area contributed by atoms with Crippen LogP contribution in [0.15, 0.2) is 12.2 Å². The molecular formula is C25H35N3O10. The summed E-state index contributed by atoms with van der Waals surface area (Å²) in [5, 5.41) is 3.17. The molecule has 1 unspecified atom stereocenters. The van der Waals surface area contributed by atoms with Crippen molar-refractivity contribution in [2.24, 2.45) is 0 Å². The van der Waals surface area contributed by atoms with Gasteiger partial charge >= 0.3 is 12.1 Å². The van der Waals surface area contributed by atoms with Crippen LogP contribution >= 0.6 is 0 Å². The van der Waals surface area contributed by atoms with Gasteiger partial charge in [-0.1, -0.05) is 24.8 Å². The van der Waals surface area contributed by atoms with Gasteiger partial charge in [-0.3, -0.25) is 38.5 Å². The maximum atomic E-state index is 12.1. The van der Waals surface area contributed by atoms with E-state index in [2.05, 4.69) is 10.2 Å². The molecule has 2 aliphatic rings. The van der Waals surface area contributed by atoms with E-state index in [1.165, 1.54) is 17.1 Å². The van der Waals surface area contributed by atoms with E-state index in [-0.39, 0.29) is 43.4 Å². The Bertz CT molecular complexity index is 898. The van der Waals surface area contributed by atoms with Crippen molar-refractivity contribution < 1.29 is 47.9 Å². The molecule has 0 aromatic rings. The predicted octanol–water partition coefficient (Wildman–Crippen LogP) is 2.03. The number of carbonyl (C=O) groups is 7. The molecule has 13 heteroatoms. The Morgan fingerprint density at radius 2 is 1.50 bits per heavy atom. The highest BCUT2D eigenvalue weighted by Crippen LogP contribution is 2.15. The SMILES string of the molecule is CCCC(OC(=O)CCCCCNC(=O)CCCCCN1C(=O)C=CC1=O)OC(=O)ON1C(=O)CCC1=O. The second kappa shape index (κ2) is 16.2. The van der Waals surface area contributed by atoms with Gasteiger partial charge in [-0.25, -0.2) is 4.79 Å². The van der Waals surface area contributed by atoms with Crippen molar-refractivity contribution in [2.75, 3.05) is 13.1 Å². The third-order valence-corrected chi connectivity index (χ3v) is 5.75. The van der Waals surface area contributed by atoms with Gasteiger partial charge < -0.3 is 14.8 Å². The number of hydrogen-bond donors (Lipinski definition) is 1. The van der Waals surface area contributed by atoms with Gasteiger partial charge in [0, 0.05) is 57.3 Å². The lowest BCUT2D eigenvalue weighted by atomic mass is 10.1. The molecule has 0 aromatic carbocycles. The second-order valence-electron chi connectivity index (χ2n) is 8.88. The van der Waals surface area contributed by atoms with Gasteiger partial charge in [0.1, 0.15) is 0 Å². The summed E-state index contributed by atoms with van der Waals surface area (Å²) in [5.74, 6) is -2.54. The summed E-state index contributed by atoms with van der Waals surface area (Å²) in [6.45, 7) is 2.62. The molecule has 0 radical (unpaired) electrons. The molecule has 0 saturated carbocycles. The largest absolute Gasteiger partial charge is 0.537 e. The zero-order valence-electron chi connectivity index (χ0n) is 21.6. The minimum Gasteiger partial charge on any atom is -0.425 e. The van der Waals surface area contributed by atoms with Crippen LogP contribution in [0.25, 0.3) is 0 Å². The molecule has 0 spiro atoms. The van der Waals surface area contributed by atoms with Crippen LogP contribution in [0.3, 0.4) is 0 Å². The lowest BCUT2D eigenvalue weighted by molar-refractivity contribution is -0.194. The smallest absolute Gasteiger partial charge is 0.425 e. The number of rotatable bonds is 17. The second-order valence-corrected chi connectivity index (χ2v) is 8.88. The first kappa shape index (κ1) is 30.5. The third kappa shape index (κ3) is 10.7. The maximum Gasteiger partial charge on any atom is 0.537 e. The lowest BCUT2D eigenvalue weighted by Gasteiger charge is -2.19. The summed E-state index contributed by atoms with van der Waals surface area (Å²) in [5.41, 5.74) is 0. The van der Waals surface area contributed by atoms with E-state index < -0.39 is 30.2 Å². The Balaban J connectivity index is 1.50. The monoisotopic (exact) mass is 537 g/mol. The zero-order valence-corrected chi connectivity index (χ0v) is 21.6. The molecule has 38 heavy (non-hydrogen) atoms. The zero-order chi connectivity index (χ0) is 27.9. The van der Waals surface area contributed by atoms with E-state index in [9.17, 15) is 33.6 Å². The highest BCUT2D eigenvalue weighted by molar-refractivity contribution is 6.12. The molecule has 2 rings (SSSR count). The molecule has 1 saturated heterocycles. The van der Waals surface area contributed by atoms with Crippen LogP contribution < -0.4 is 5.32 Å². The highest BCUT2D eigenvalue weighted by Gasteiger charge is 2.34. The number of esters is 1. The Kier molecular flexibility index (Phi) is 12.9. The molecule has 1 fully saturated rings. The average Bonchev–Trinajstić information content (AvgIpc) is 3.36. The average molecular weight is 538 g/mol. The summed E-state index contributed by atoms with van der Waals surface area (Å²) < 4.78 is 10.1. The van der Waals surface area contributed by atoms with Gasteiger partial charge in [-0.05, 0) is 32.1 Å². The number of nitrogens with zero attached hydrogens (tertiary/aromatic N) is 2. The summed E-state index contributed by atoms with van der Waals surface area (Å²) >= 11 is 0. The van der Waals surface area contributed by atoms with Gasteiger partial charge in [0.15, 0.2) is 0 Å². The fourth-order valence-electron chi connectivity index (χ4n) is 3.72. The molecule has 13 nitrogen and oxygen atoms in total. The van der Waals surface area contributed by atoms with E-state index in [0.29, 0.717) is 63.1 Å². The van der Waals surface area contributed by atoms with Crippen molar-refractivity contribution in [1.82, 2.24) is 15.3 Å². The molecule has 2 aliphatic heterocycles. The lowest BCUT2D eigenvalue weighted by Crippen LogP contribution is -2.34. The Hall–Kier alpha value is -3.77. The van der Waals surface area contributed by atoms with Crippen molar-refractivity contribution in [3.05, 3.63) is 12.2 Å². The predicted molar refractivity (Wildman–Crippen MR) is 129 cm³/mol. The molecule has 0 bridgehead atoms. The first-order chi connectivity index (χ1) is 18.2. The van der Waals surface area contributed by atoms with Crippen molar-refractivity contribution in [3.8, 4) is 0 Å². The highest BCUT2D eigenvalue weighted by atomic mass is 16.9. The molecule has 1 N–H and O–H groups in total. The van der Waals surface area contributed by atoms with Crippen LogP contribution in [0, 0.1) is 0 Å². The minimum absolute atomic E-state index is 0.0471. The first-order valence-electron chi connectivity index (χ1n) is 12.9. The van der Waals surface area contributed by atoms with Gasteiger partial charge in [0.05, 0.1) is 0 Å². The van der Waals surface area contributed by atoms with Gasteiger partial charge in [0.2, 0.25) is 5.91 Å². The molecular weight excluding hydrogens is 502 g/mol. The Morgan fingerprint density at radius 3 is 2.16 bits per heavy atom. The molecule has 0 aromatic heterocycles. The van der Waals surface area contributed by atoms with Gasteiger partial charge in [-0.15, -0.1) is 0 Å². The van der Waals surface area contributed by atoms with Crippen molar-refractivity contribution in [1.29, 1.82) is 0 Å². The number of carbonyl (C=O) groups excluding carboxylic acids is 7. The quantitative estimate of drug-likeness (QED) is 0.126.